The number of hydroxylamine groups is 1. The lowest BCUT2D eigenvalue weighted by molar-refractivity contribution is -0.200. The van der Waals surface area contributed by atoms with E-state index < -0.39 is 5.60 Å². The van der Waals surface area contributed by atoms with Crippen LogP contribution in [0.4, 0.5) is 0 Å². The molecule has 0 aromatic heterocycles. The minimum atomic E-state index is -0.458. The van der Waals surface area contributed by atoms with Gasteiger partial charge in [-0.3, -0.25) is 9.63 Å². The van der Waals surface area contributed by atoms with Crippen molar-refractivity contribution in [2.75, 3.05) is 13.2 Å². The third-order valence-electron chi connectivity index (χ3n) is 1.99. The topological polar surface area (TPSA) is 56.8 Å². The van der Waals surface area contributed by atoms with Gasteiger partial charge in [-0.25, -0.2) is 0 Å². The molecule has 1 fully saturated rings. The van der Waals surface area contributed by atoms with Crippen molar-refractivity contribution in [3.05, 3.63) is 0 Å². The van der Waals surface area contributed by atoms with Crippen LogP contribution in [0.2, 0.25) is 0 Å². The fourth-order valence-corrected chi connectivity index (χ4v) is 1.38. The van der Waals surface area contributed by atoms with Crippen molar-refractivity contribution in [3.8, 4) is 0 Å². The monoisotopic (exact) mass is 231 g/mol. The van der Waals surface area contributed by atoms with E-state index in [9.17, 15) is 4.79 Å². The quantitative estimate of drug-likeness (QED) is 0.585. The summed E-state index contributed by atoms with van der Waals surface area (Å²) in [6.07, 6.45) is 2.79. The Morgan fingerprint density at radius 1 is 1.44 bits per heavy atom. The number of carbonyl (C=O) groups is 1. The van der Waals surface area contributed by atoms with Gasteiger partial charge in [0.1, 0.15) is 12.1 Å². The fraction of sp³-hybridized carbons (Fsp3) is 0.909. The summed E-state index contributed by atoms with van der Waals surface area (Å²) in [5, 5.41) is 0. The molecule has 1 atom stereocenters. The van der Waals surface area contributed by atoms with Crippen molar-refractivity contribution in [1.29, 1.82) is 0 Å². The van der Waals surface area contributed by atoms with Crippen LogP contribution in [0.5, 0.6) is 0 Å². The number of nitrogens with one attached hydrogen (secondary N) is 1. The van der Waals surface area contributed by atoms with Crippen LogP contribution in [-0.4, -0.2) is 31.0 Å². The lowest BCUT2D eigenvalue weighted by Gasteiger charge is -2.23. The summed E-state index contributed by atoms with van der Waals surface area (Å²) in [5.74, 6) is -0.330. The molecule has 0 spiro atoms. The lowest BCUT2D eigenvalue weighted by atomic mass is 10.2. The highest BCUT2D eigenvalue weighted by Gasteiger charge is 2.18. The Balaban J connectivity index is 2.08. The van der Waals surface area contributed by atoms with Crippen molar-refractivity contribution in [2.45, 2.75) is 51.9 Å². The van der Waals surface area contributed by atoms with E-state index in [0.717, 1.165) is 25.9 Å². The normalized spacial score (nSPS) is 21.8. The predicted octanol–water partition coefficient (Wildman–Crippen LogP) is 1.38. The van der Waals surface area contributed by atoms with Gasteiger partial charge in [-0.15, -0.1) is 0 Å². The van der Waals surface area contributed by atoms with Crippen LogP contribution in [0.25, 0.3) is 0 Å². The van der Waals surface area contributed by atoms with Crippen molar-refractivity contribution in [2.24, 2.45) is 0 Å². The van der Waals surface area contributed by atoms with Gasteiger partial charge in [0.15, 0.2) is 6.29 Å². The maximum absolute atomic E-state index is 11.3. The summed E-state index contributed by atoms with van der Waals surface area (Å²) < 4.78 is 10.4. The Bertz CT molecular complexity index is 219. The van der Waals surface area contributed by atoms with Crippen molar-refractivity contribution < 1.29 is 19.1 Å². The Kier molecular flexibility index (Phi) is 5.18. The van der Waals surface area contributed by atoms with E-state index in [0.29, 0.717) is 0 Å². The maximum Gasteiger partial charge on any atom is 0.322 e. The van der Waals surface area contributed by atoms with Crippen molar-refractivity contribution >= 4 is 5.97 Å². The van der Waals surface area contributed by atoms with Gasteiger partial charge in [-0.1, -0.05) is 0 Å². The minimum Gasteiger partial charge on any atom is -0.459 e. The maximum atomic E-state index is 11.3. The first-order valence-electron chi connectivity index (χ1n) is 5.69. The molecule has 1 heterocycles. The molecule has 5 nitrogen and oxygen atoms in total. The number of rotatable bonds is 4. The molecule has 16 heavy (non-hydrogen) atoms. The zero-order valence-corrected chi connectivity index (χ0v) is 10.2. The van der Waals surface area contributed by atoms with Gasteiger partial charge in [0, 0.05) is 13.0 Å². The molecule has 0 amide bonds. The van der Waals surface area contributed by atoms with E-state index in [1.807, 2.05) is 20.8 Å². The number of esters is 1. The highest BCUT2D eigenvalue weighted by molar-refractivity contribution is 5.71. The van der Waals surface area contributed by atoms with Gasteiger partial charge in [0.05, 0.1) is 0 Å². The van der Waals surface area contributed by atoms with Crippen LogP contribution in [0, 0.1) is 0 Å². The smallest absolute Gasteiger partial charge is 0.322 e. The molecule has 1 N–H and O–H groups in total. The van der Waals surface area contributed by atoms with Gasteiger partial charge in [0.25, 0.3) is 0 Å². The molecule has 0 aliphatic carbocycles. The summed E-state index contributed by atoms with van der Waals surface area (Å²) in [5.41, 5.74) is 2.12. The second kappa shape index (κ2) is 6.18. The largest absolute Gasteiger partial charge is 0.459 e. The molecule has 0 aromatic rings. The van der Waals surface area contributed by atoms with Crippen LogP contribution in [0.3, 0.4) is 0 Å². The van der Waals surface area contributed by atoms with Gasteiger partial charge in [0.2, 0.25) is 0 Å². The highest BCUT2D eigenvalue weighted by atomic mass is 16.8. The van der Waals surface area contributed by atoms with Crippen LogP contribution in [0.15, 0.2) is 0 Å². The molecular weight excluding hydrogens is 210 g/mol. The number of ether oxygens (including phenoxy) is 2. The molecular formula is C11H21NO4. The Morgan fingerprint density at radius 2 is 2.19 bits per heavy atom. The highest BCUT2D eigenvalue weighted by Crippen LogP contribution is 2.12. The molecule has 0 aromatic carbocycles. The first kappa shape index (κ1) is 13.4. The van der Waals surface area contributed by atoms with Crippen molar-refractivity contribution in [3.63, 3.8) is 0 Å². The molecule has 1 saturated heterocycles. The summed E-state index contributed by atoms with van der Waals surface area (Å²) in [4.78, 5) is 16.5. The van der Waals surface area contributed by atoms with E-state index in [4.69, 9.17) is 14.3 Å². The Hall–Kier alpha value is -0.650. The molecule has 1 unspecified atom stereocenters. The van der Waals surface area contributed by atoms with E-state index in [1.54, 1.807) is 0 Å². The first-order chi connectivity index (χ1) is 7.47. The standard InChI is InChI=1S/C11H21NO4/c1-11(2,3)15-9(13)8-12-16-10-6-4-5-7-14-10/h10,12H,4-8H2,1-3H3. The van der Waals surface area contributed by atoms with E-state index in [-0.39, 0.29) is 18.8 Å². The summed E-state index contributed by atoms with van der Waals surface area (Å²) in [7, 11) is 0. The first-order valence-corrected chi connectivity index (χ1v) is 5.69. The second-order valence-electron chi connectivity index (χ2n) is 4.82. The molecule has 0 saturated carbocycles. The number of hydrogen-bond acceptors (Lipinski definition) is 5. The third kappa shape index (κ3) is 6.05. The van der Waals surface area contributed by atoms with Gasteiger partial charge >= 0.3 is 5.97 Å². The zero-order valence-electron chi connectivity index (χ0n) is 10.2. The zero-order chi connectivity index (χ0) is 12.0. The molecule has 94 valence electrons. The average molecular weight is 231 g/mol. The Morgan fingerprint density at radius 3 is 2.75 bits per heavy atom. The third-order valence-corrected chi connectivity index (χ3v) is 1.99. The van der Waals surface area contributed by atoms with Gasteiger partial charge in [-0.2, -0.15) is 5.48 Å². The van der Waals surface area contributed by atoms with Crippen molar-refractivity contribution in [1.82, 2.24) is 5.48 Å². The second-order valence-corrected chi connectivity index (χ2v) is 4.82. The van der Waals surface area contributed by atoms with Gasteiger partial charge < -0.3 is 9.47 Å². The van der Waals surface area contributed by atoms with Gasteiger partial charge in [-0.05, 0) is 33.6 Å². The Labute approximate surface area is 96.4 Å². The molecule has 1 aliphatic heterocycles. The predicted molar refractivity (Wildman–Crippen MR) is 58.5 cm³/mol. The fourth-order valence-electron chi connectivity index (χ4n) is 1.38. The summed E-state index contributed by atoms with van der Waals surface area (Å²) >= 11 is 0. The molecule has 1 rings (SSSR count). The SMILES string of the molecule is CC(C)(C)OC(=O)CNOC1CCCCO1. The number of carbonyl (C=O) groups excluding carboxylic acids is 1. The lowest BCUT2D eigenvalue weighted by Crippen LogP contribution is -2.35. The molecule has 0 radical (unpaired) electrons. The van der Waals surface area contributed by atoms with Crippen LogP contribution in [0.1, 0.15) is 40.0 Å². The molecule has 1 aliphatic rings. The summed E-state index contributed by atoms with van der Waals surface area (Å²) in [6.45, 7) is 6.25. The van der Waals surface area contributed by atoms with E-state index in [2.05, 4.69) is 5.48 Å². The number of hydrogen-bond donors (Lipinski definition) is 1. The van der Waals surface area contributed by atoms with Crippen LogP contribution in [-0.2, 0) is 19.1 Å². The van der Waals surface area contributed by atoms with E-state index >= 15 is 0 Å². The van der Waals surface area contributed by atoms with Crippen LogP contribution >= 0.6 is 0 Å². The van der Waals surface area contributed by atoms with E-state index in [1.165, 1.54) is 0 Å². The minimum absolute atomic E-state index is 0.0388. The molecule has 5 heteroatoms. The summed E-state index contributed by atoms with van der Waals surface area (Å²) in [6, 6.07) is 0. The van der Waals surface area contributed by atoms with Crippen LogP contribution < -0.4 is 5.48 Å². The average Bonchev–Trinajstić information content (AvgIpc) is 2.16. The molecule has 0 bridgehead atoms.